The molecule has 138 valence electrons. The van der Waals surface area contributed by atoms with Crippen LogP contribution in [0, 0.1) is 5.41 Å². The SMILES string of the molecule is CC1(C)CCCCC1(C)N.O=C(O)c1ccc(C(=O)O)c(C(=O)O)c1. The average Bonchev–Trinajstić information content (AvgIpc) is 2.50. The summed E-state index contributed by atoms with van der Waals surface area (Å²) in [4.78, 5) is 31.8. The zero-order valence-corrected chi connectivity index (χ0v) is 14.7. The number of carbonyl (C=O) groups is 3. The predicted octanol–water partition coefficient (Wildman–Crippen LogP) is 3.09. The molecule has 7 nitrogen and oxygen atoms in total. The molecule has 0 heterocycles. The molecule has 1 fully saturated rings. The summed E-state index contributed by atoms with van der Waals surface area (Å²) < 4.78 is 0. The van der Waals surface area contributed by atoms with Gasteiger partial charge in [0.25, 0.3) is 0 Å². The van der Waals surface area contributed by atoms with Gasteiger partial charge in [-0.05, 0) is 43.4 Å². The van der Waals surface area contributed by atoms with Gasteiger partial charge in [0.2, 0.25) is 0 Å². The van der Waals surface area contributed by atoms with Crippen LogP contribution in [0.5, 0.6) is 0 Å². The van der Waals surface area contributed by atoms with Crippen LogP contribution in [0.4, 0.5) is 0 Å². The van der Waals surface area contributed by atoms with Crippen molar-refractivity contribution in [3.63, 3.8) is 0 Å². The third-order valence-electron chi connectivity index (χ3n) is 5.02. The Balaban J connectivity index is 0.000000271. The lowest BCUT2D eigenvalue weighted by Crippen LogP contribution is -2.51. The van der Waals surface area contributed by atoms with Crippen LogP contribution in [0.25, 0.3) is 0 Å². The second-order valence-corrected chi connectivity index (χ2v) is 7.18. The van der Waals surface area contributed by atoms with Gasteiger partial charge in [0.05, 0.1) is 16.7 Å². The number of hydrogen-bond acceptors (Lipinski definition) is 4. The maximum atomic E-state index is 10.6. The smallest absolute Gasteiger partial charge is 0.336 e. The Bertz CT molecular complexity index is 662. The molecule has 1 aliphatic carbocycles. The molecule has 5 N–H and O–H groups in total. The van der Waals surface area contributed by atoms with Crippen LogP contribution in [-0.4, -0.2) is 38.8 Å². The fraction of sp³-hybridized carbons (Fsp3) is 0.500. The van der Waals surface area contributed by atoms with Gasteiger partial charge in [0.15, 0.2) is 0 Å². The van der Waals surface area contributed by atoms with E-state index in [2.05, 4.69) is 20.8 Å². The van der Waals surface area contributed by atoms with Gasteiger partial charge in [-0.2, -0.15) is 0 Å². The third-order valence-corrected chi connectivity index (χ3v) is 5.02. The van der Waals surface area contributed by atoms with E-state index in [1.165, 1.54) is 25.7 Å². The first kappa shape index (κ1) is 20.6. The maximum Gasteiger partial charge on any atom is 0.336 e. The highest BCUT2D eigenvalue weighted by Crippen LogP contribution is 2.41. The summed E-state index contributed by atoms with van der Waals surface area (Å²) in [6.07, 6.45) is 5.16. The summed E-state index contributed by atoms with van der Waals surface area (Å²) >= 11 is 0. The third kappa shape index (κ3) is 5.03. The summed E-state index contributed by atoms with van der Waals surface area (Å²) in [5.41, 5.74) is 5.34. The largest absolute Gasteiger partial charge is 0.478 e. The molecule has 0 bridgehead atoms. The minimum atomic E-state index is -1.48. The second-order valence-electron chi connectivity index (χ2n) is 7.18. The number of carboxylic acid groups (broad SMARTS) is 3. The molecule has 0 radical (unpaired) electrons. The van der Waals surface area contributed by atoms with Gasteiger partial charge in [-0.1, -0.05) is 26.7 Å². The van der Waals surface area contributed by atoms with Gasteiger partial charge in [0.1, 0.15) is 0 Å². The Labute approximate surface area is 146 Å². The Kier molecular flexibility index (Phi) is 6.31. The van der Waals surface area contributed by atoms with E-state index in [1.54, 1.807) is 0 Å². The van der Waals surface area contributed by atoms with E-state index in [4.69, 9.17) is 21.1 Å². The summed E-state index contributed by atoms with van der Waals surface area (Å²) in [6.45, 7) is 6.75. The molecule has 1 saturated carbocycles. The minimum Gasteiger partial charge on any atom is -0.478 e. The van der Waals surface area contributed by atoms with Gasteiger partial charge in [-0.15, -0.1) is 0 Å². The van der Waals surface area contributed by atoms with Crippen molar-refractivity contribution in [2.24, 2.45) is 11.1 Å². The average molecular weight is 351 g/mol. The van der Waals surface area contributed by atoms with Crippen molar-refractivity contribution in [3.8, 4) is 0 Å². The van der Waals surface area contributed by atoms with Crippen LogP contribution in [0.15, 0.2) is 18.2 Å². The Morgan fingerprint density at radius 1 is 0.880 bits per heavy atom. The first-order valence-corrected chi connectivity index (χ1v) is 8.02. The van der Waals surface area contributed by atoms with Crippen molar-refractivity contribution < 1.29 is 29.7 Å². The first-order chi connectivity index (χ1) is 11.4. The quantitative estimate of drug-likeness (QED) is 0.656. The highest BCUT2D eigenvalue weighted by Gasteiger charge is 2.39. The van der Waals surface area contributed by atoms with Crippen molar-refractivity contribution in [1.82, 2.24) is 0 Å². The number of hydrogen-bond donors (Lipinski definition) is 4. The molecular weight excluding hydrogens is 326 g/mol. The molecule has 1 aromatic rings. The molecule has 0 amide bonds. The van der Waals surface area contributed by atoms with Crippen molar-refractivity contribution in [2.45, 2.75) is 52.0 Å². The van der Waals surface area contributed by atoms with E-state index < -0.39 is 29.0 Å². The van der Waals surface area contributed by atoms with E-state index in [9.17, 15) is 14.4 Å². The number of aromatic carboxylic acids is 3. The monoisotopic (exact) mass is 351 g/mol. The van der Waals surface area contributed by atoms with Crippen LogP contribution in [-0.2, 0) is 0 Å². The molecule has 1 aromatic carbocycles. The molecule has 1 aliphatic rings. The van der Waals surface area contributed by atoms with E-state index in [1.807, 2.05) is 0 Å². The highest BCUT2D eigenvalue weighted by molar-refractivity contribution is 6.03. The van der Waals surface area contributed by atoms with Gasteiger partial charge >= 0.3 is 17.9 Å². The number of benzene rings is 1. The Hall–Kier alpha value is -2.41. The van der Waals surface area contributed by atoms with Crippen LogP contribution in [0.3, 0.4) is 0 Å². The number of carboxylic acids is 3. The normalized spacial score (nSPS) is 21.6. The van der Waals surface area contributed by atoms with Crippen LogP contribution < -0.4 is 5.73 Å². The van der Waals surface area contributed by atoms with Gasteiger partial charge in [-0.3, -0.25) is 0 Å². The number of rotatable bonds is 3. The summed E-state index contributed by atoms with van der Waals surface area (Å²) in [5, 5.41) is 25.9. The van der Waals surface area contributed by atoms with Gasteiger partial charge in [-0.25, -0.2) is 14.4 Å². The van der Waals surface area contributed by atoms with Gasteiger partial charge < -0.3 is 21.1 Å². The van der Waals surface area contributed by atoms with Crippen molar-refractivity contribution in [1.29, 1.82) is 0 Å². The van der Waals surface area contributed by atoms with Gasteiger partial charge in [0, 0.05) is 5.54 Å². The number of nitrogens with two attached hydrogens (primary N) is 1. The Morgan fingerprint density at radius 3 is 1.76 bits per heavy atom. The molecule has 25 heavy (non-hydrogen) atoms. The molecule has 2 rings (SSSR count). The van der Waals surface area contributed by atoms with Crippen molar-refractivity contribution in [3.05, 3.63) is 34.9 Å². The van der Waals surface area contributed by atoms with Crippen LogP contribution >= 0.6 is 0 Å². The minimum absolute atomic E-state index is 0.0747. The lowest BCUT2D eigenvalue weighted by atomic mass is 9.65. The lowest BCUT2D eigenvalue weighted by Gasteiger charge is -2.45. The van der Waals surface area contributed by atoms with Crippen molar-refractivity contribution >= 4 is 17.9 Å². The van der Waals surface area contributed by atoms with Crippen LogP contribution in [0.2, 0.25) is 0 Å². The van der Waals surface area contributed by atoms with E-state index in [-0.39, 0.29) is 11.1 Å². The van der Waals surface area contributed by atoms with E-state index in [0.29, 0.717) is 5.41 Å². The van der Waals surface area contributed by atoms with E-state index >= 15 is 0 Å². The topological polar surface area (TPSA) is 138 Å². The van der Waals surface area contributed by atoms with E-state index in [0.717, 1.165) is 18.2 Å². The highest BCUT2D eigenvalue weighted by atomic mass is 16.4. The maximum absolute atomic E-state index is 10.6. The fourth-order valence-corrected chi connectivity index (χ4v) is 2.72. The molecule has 1 atom stereocenters. The second kappa shape index (κ2) is 7.65. The summed E-state index contributed by atoms with van der Waals surface area (Å²) in [6, 6.07) is 2.81. The zero-order chi connectivity index (χ0) is 19.4. The molecule has 0 saturated heterocycles. The predicted molar refractivity (Wildman–Crippen MR) is 92.2 cm³/mol. The lowest BCUT2D eigenvalue weighted by molar-refractivity contribution is 0.0649. The molecule has 0 aromatic heterocycles. The fourth-order valence-electron chi connectivity index (χ4n) is 2.72. The summed E-state index contributed by atoms with van der Waals surface area (Å²) in [7, 11) is 0. The summed E-state index contributed by atoms with van der Waals surface area (Å²) in [5.74, 6) is -4.20. The molecular formula is C18H25NO6. The van der Waals surface area contributed by atoms with Crippen LogP contribution in [0.1, 0.15) is 77.5 Å². The molecule has 0 aliphatic heterocycles. The molecule has 0 spiro atoms. The molecule has 7 heteroatoms. The molecule has 1 unspecified atom stereocenters. The Morgan fingerprint density at radius 2 is 1.40 bits per heavy atom. The van der Waals surface area contributed by atoms with Crippen molar-refractivity contribution in [2.75, 3.05) is 0 Å². The first-order valence-electron chi connectivity index (χ1n) is 8.02. The standard InChI is InChI=1S/C9H19N.C9H6O6/c1-8(2)6-4-5-7-9(8,3)10;10-7(11)4-1-2-5(8(12)13)6(3-4)9(14)15/h4-7,10H2,1-3H3;1-3H,(H,10,11)(H,12,13)(H,14,15). The zero-order valence-electron chi connectivity index (χ0n) is 14.7.